The first-order valence-corrected chi connectivity index (χ1v) is 10.2. The molecule has 0 aromatic heterocycles. The molecule has 0 radical (unpaired) electrons. The van der Waals surface area contributed by atoms with Crippen LogP contribution in [-0.2, 0) is 4.79 Å². The highest BCUT2D eigenvalue weighted by Crippen LogP contribution is 2.41. The first kappa shape index (κ1) is 19.9. The summed E-state index contributed by atoms with van der Waals surface area (Å²) in [5.74, 6) is 1.22. The molecule has 5 nitrogen and oxygen atoms in total. The van der Waals surface area contributed by atoms with Crippen LogP contribution in [0.4, 0.5) is 4.39 Å². The lowest BCUT2D eigenvalue weighted by Crippen LogP contribution is -2.49. The number of piperazine rings is 1. The number of ether oxygens (including phenoxy) is 1. The molecule has 2 fully saturated rings. The van der Waals surface area contributed by atoms with Gasteiger partial charge in [-0.3, -0.25) is 4.79 Å². The van der Waals surface area contributed by atoms with Crippen LogP contribution in [0, 0.1) is 0 Å². The van der Waals surface area contributed by atoms with E-state index in [9.17, 15) is 9.18 Å². The van der Waals surface area contributed by atoms with Crippen molar-refractivity contribution in [1.82, 2.24) is 15.1 Å². The van der Waals surface area contributed by atoms with E-state index < -0.39 is 6.86 Å². The van der Waals surface area contributed by atoms with Gasteiger partial charge in [0.05, 0.1) is 6.54 Å². The van der Waals surface area contributed by atoms with Crippen LogP contribution in [0.2, 0.25) is 0 Å². The minimum absolute atomic E-state index is 0.208. The van der Waals surface area contributed by atoms with Gasteiger partial charge in [0.1, 0.15) is 5.75 Å². The van der Waals surface area contributed by atoms with Gasteiger partial charge in [-0.1, -0.05) is 36.4 Å². The zero-order valence-corrected chi connectivity index (χ0v) is 16.8. The summed E-state index contributed by atoms with van der Waals surface area (Å²) < 4.78 is 17.1. The average Bonchev–Trinajstić information content (AvgIpc) is 3.53. The van der Waals surface area contributed by atoms with Crippen molar-refractivity contribution in [2.24, 2.45) is 0 Å². The molecular weight excluding hydrogens is 369 g/mol. The Kier molecular flexibility index (Phi) is 6.11. The highest BCUT2D eigenvalue weighted by atomic mass is 19.1. The van der Waals surface area contributed by atoms with E-state index in [2.05, 4.69) is 41.5 Å². The van der Waals surface area contributed by atoms with Gasteiger partial charge in [-0.15, -0.1) is 0 Å². The number of nitrogens with zero attached hydrogens (tertiary/aromatic N) is 2. The van der Waals surface area contributed by atoms with Gasteiger partial charge >= 0.3 is 0 Å². The summed E-state index contributed by atoms with van der Waals surface area (Å²) in [6.07, 6.45) is 1.07. The Balaban J connectivity index is 1.26. The molecule has 6 heteroatoms. The zero-order valence-electron chi connectivity index (χ0n) is 16.8. The Labute approximate surface area is 171 Å². The van der Waals surface area contributed by atoms with Crippen LogP contribution in [-0.4, -0.2) is 68.4 Å². The highest BCUT2D eigenvalue weighted by Gasteiger charge is 2.38. The number of carbonyl (C=O) groups excluding carboxylic acids is 1. The molecular formula is C23H28FN3O2. The molecule has 0 bridgehead atoms. The van der Waals surface area contributed by atoms with Gasteiger partial charge in [0.25, 0.3) is 0 Å². The Morgan fingerprint density at radius 3 is 2.28 bits per heavy atom. The summed E-state index contributed by atoms with van der Waals surface area (Å²) in [6.45, 7) is 3.17. The Hall–Kier alpha value is -2.44. The molecule has 1 saturated heterocycles. The first-order chi connectivity index (χ1) is 14.1. The van der Waals surface area contributed by atoms with Crippen LogP contribution in [0.15, 0.2) is 48.5 Å². The largest absolute Gasteiger partial charge is 0.463 e. The highest BCUT2D eigenvalue weighted by molar-refractivity contribution is 5.78. The summed E-state index contributed by atoms with van der Waals surface area (Å²) in [6, 6.07) is 16.4. The molecule has 29 heavy (non-hydrogen) atoms. The zero-order chi connectivity index (χ0) is 20.2. The third-order valence-electron chi connectivity index (χ3n) is 5.91. The second-order valence-corrected chi connectivity index (χ2v) is 7.91. The molecule has 2 aliphatic rings. The molecule has 2 aromatic rings. The summed E-state index contributed by atoms with van der Waals surface area (Å²) in [5.41, 5.74) is 3.50. The number of hydrogen-bond acceptors (Lipinski definition) is 4. The van der Waals surface area contributed by atoms with E-state index in [0.29, 0.717) is 24.3 Å². The molecule has 2 aromatic carbocycles. The van der Waals surface area contributed by atoms with Gasteiger partial charge in [-0.05, 0) is 42.3 Å². The molecule has 0 spiro atoms. The van der Waals surface area contributed by atoms with E-state index in [4.69, 9.17) is 4.74 Å². The molecule has 1 N–H and O–H groups in total. The van der Waals surface area contributed by atoms with Crippen LogP contribution >= 0.6 is 0 Å². The Morgan fingerprint density at radius 2 is 1.66 bits per heavy atom. The fraction of sp³-hybridized carbons (Fsp3) is 0.435. The number of likely N-dealkylation sites (N-methyl/N-ethyl adjacent to an activating group) is 1. The Morgan fingerprint density at radius 1 is 1.03 bits per heavy atom. The molecule has 1 heterocycles. The predicted molar refractivity (Wildman–Crippen MR) is 112 cm³/mol. The van der Waals surface area contributed by atoms with Crippen molar-refractivity contribution in [2.45, 2.75) is 18.4 Å². The van der Waals surface area contributed by atoms with Crippen LogP contribution in [0.25, 0.3) is 11.1 Å². The second kappa shape index (κ2) is 8.93. The van der Waals surface area contributed by atoms with E-state index in [1.165, 1.54) is 5.56 Å². The van der Waals surface area contributed by atoms with Crippen molar-refractivity contribution in [3.05, 3.63) is 54.1 Å². The van der Waals surface area contributed by atoms with Crippen LogP contribution in [0.5, 0.6) is 5.75 Å². The molecule has 154 valence electrons. The van der Waals surface area contributed by atoms with Crippen molar-refractivity contribution < 1.29 is 13.9 Å². The summed E-state index contributed by atoms with van der Waals surface area (Å²) in [4.78, 5) is 16.6. The number of carbonyl (C=O) groups is 1. The van der Waals surface area contributed by atoms with Crippen molar-refractivity contribution in [3.8, 4) is 16.9 Å². The molecule has 1 amide bonds. The number of rotatable bonds is 7. The van der Waals surface area contributed by atoms with Gasteiger partial charge in [0.2, 0.25) is 12.8 Å². The summed E-state index contributed by atoms with van der Waals surface area (Å²) >= 11 is 0. The predicted octanol–water partition coefficient (Wildman–Crippen LogP) is 2.88. The molecule has 1 saturated carbocycles. The average molecular weight is 397 g/mol. The second-order valence-electron chi connectivity index (χ2n) is 7.91. The molecule has 1 aliphatic carbocycles. The lowest BCUT2D eigenvalue weighted by atomic mass is 10.0. The van der Waals surface area contributed by atoms with E-state index in [1.54, 1.807) is 12.1 Å². The quantitative estimate of drug-likeness (QED) is 0.780. The number of benzene rings is 2. The molecule has 4 rings (SSSR count). The maximum atomic E-state index is 12.4. The standard InChI is InChI=1S/C23H28FN3O2/c1-26-10-12-27(13-11-26)23(28)15-25-22-14-21(22)19-4-2-17(3-5-19)18-6-8-20(9-7-18)29-16-24/h2-9,21-22,25H,10-16H2,1H3/t21?,22-/m0/s1. The number of halogens is 1. The number of amides is 1. The normalized spacial score (nSPS) is 21.8. The van der Waals surface area contributed by atoms with Gasteiger partial charge in [-0.2, -0.15) is 0 Å². The van der Waals surface area contributed by atoms with E-state index >= 15 is 0 Å². The van der Waals surface area contributed by atoms with E-state index in [0.717, 1.165) is 43.7 Å². The number of alkyl halides is 1. The third kappa shape index (κ3) is 4.95. The maximum absolute atomic E-state index is 12.4. The van der Waals surface area contributed by atoms with Gasteiger partial charge in [-0.25, -0.2) is 4.39 Å². The number of hydrogen-bond donors (Lipinski definition) is 1. The summed E-state index contributed by atoms with van der Waals surface area (Å²) in [5, 5.41) is 3.43. The minimum Gasteiger partial charge on any atom is -0.463 e. The smallest absolute Gasteiger partial charge is 0.236 e. The van der Waals surface area contributed by atoms with Crippen LogP contribution in [0.1, 0.15) is 17.9 Å². The molecule has 1 aliphatic heterocycles. The lowest BCUT2D eigenvalue weighted by Gasteiger charge is -2.32. The van der Waals surface area contributed by atoms with Gasteiger partial charge < -0.3 is 19.9 Å². The van der Waals surface area contributed by atoms with Crippen molar-refractivity contribution in [3.63, 3.8) is 0 Å². The monoisotopic (exact) mass is 397 g/mol. The summed E-state index contributed by atoms with van der Waals surface area (Å²) in [7, 11) is 2.09. The third-order valence-corrected chi connectivity index (χ3v) is 5.91. The van der Waals surface area contributed by atoms with Crippen LogP contribution < -0.4 is 10.1 Å². The SMILES string of the molecule is CN1CCN(C(=O)CN[C@H]2CC2c2ccc(-c3ccc(OCF)cc3)cc2)CC1. The fourth-order valence-corrected chi connectivity index (χ4v) is 3.90. The fourth-order valence-electron chi connectivity index (χ4n) is 3.90. The Bertz CT molecular complexity index is 817. The van der Waals surface area contributed by atoms with Crippen LogP contribution in [0.3, 0.4) is 0 Å². The van der Waals surface area contributed by atoms with E-state index in [-0.39, 0.29) is 5.91 Å². The lowest BCUT2D eigenvalue weighted by molar-refractivity contribution is -0.131. The number of nitrogens with one attached hydrogen (secondary N) is 1. The topological polar surface area (TPSA) is 44.8 Å². The molecule has 1 unspecified atom stereocenters. The minimum atomic E-state index is -0.814. The molecule has 2 atom stereocenters. The van der Waals surface area contributed by atoms with Crippen molar-refractivity contribution in [2.75, 3.05) is 46.6 Å². The van der Waals surface area contributed by atoms with Gasteiger partial charge in [0.15, 0.2) is 0 Å². The van der Waals surface area contributed by atoms with Crippen molar-refractivity contribution >= 4 is 5.91 Å². The maximum Gasteiger partial charge on any atom is 0.236 e. The van der Waals surface area contributed by atoms with Crippen molar-refractivity contribution in [1.29, 1.82) is 0 Å². The first-order valence-electron chi connectivity index (χ1n) is 10.2. The van der Waals surface area contributed by atoms with Gasteiger partial charge in [0, 0.05) is 38.1 Å². The van der Waals surface area contributed by atoms with E-state index in [1.807, 2.05) is 17.0 Å².